The second kappa shape index (κ2) is 7.55. The molecule has 7 heteroatoms. The summed E-state index contributed by atoms with van der Waals surface area (Å²) in [5.41, 5.74) is 3.08. The van der Waals surface area contributed by atoms with E-state index in [1.165, 1.54) is 9.13 Å². The van der Waals surface area contributed by atoms with E-state index in [9.17, 15) is 14.4 Å². The molecule has 7 nitrogen and oxygen atoms in total. The molecule has 0 bridgehead atoms. The molecule has 2 aromatic heterocycles. The second-order valence-electron chi connectivity index (χ2n) is 7.95. The highest BCUT2D eigenvalue weighted by molar-refractivity contribution is 6.02. The Hall–Kier alpha value is -3.22. The van der Waals surface area contributed by atoms with Crippen molar-refractivity contribution in [3.63, 3.8) is 0 Å². The summed E-state index contributed by atoms with van der Waals surface area (Å²) in [7, 11) is 1.59. The van der Waals surface area contributed by atoms with Gasteiger partial charge in [-0.05, 0) is 50.8 Å². The number of carbonyl (C=O) groups is 1. The molecular formula is C23H25N3O4. The van der Waals surface area contributed by atoms with Crippen molar-refractivity contribution in [2.24, 2.45) is 7.05 Å². The molecular weight excluding hydrogens is 382 g/mol. The first-order valence-corrected chi connectivity index (χ1v) is 10.2. The zero-order valence-corrected chi connectivity index (χ0v) is 17.7. The maximum atomic E-state index is 13.4. The van der Waals surface area contributed by atoms with Crippen molar-refractivity contribution in [2.45, 2.75) is 46.1 Å². The first kappa shape index (κ1) is 20.1. The number of esters is 1. The first-order valence-electron chi connectivity index (χ1n) is 10.2. The van der Waals surface area contributed by atoms with Crippen LogP contribution < -0.4 is 11.2 Å². The third-order valence-corrected chi connectivity index (χ3v) is 5.64. The van der Waals surface area contributed by atoms with E-state index in [1.807, 2.05) is 32.0 Å². The fourth-order valence-electron chi connectivity index (χ4n) is 3.74. The first-order chi connectivity index (χ1) is 14.3. The summed E-state index contributed by atoms with van der Waals surface area (Å²) < 4.78 is 7.74. The van der Waals surface area contributed by atoms with Crippen LogP contribution in [0.4, 0.5) is 0 Å². The predicted molar refractivity (Wildman–Crippen MR) is 114 cm³/mol. The van der Waals surface area contributed by atoms with Crippen LogP contribution in [0.1, 0.15) is 58.4 Å². The van der Waals surface area contributed by atoms with Gasteiger partial charge in [-0.25, -0.2) is 14.6 Å². The quantitative estimate of drug-likeness (QED) is 0.608. The number of carbonyl (C=O) groups excluding carboxylic acids is 1. The molecule has 1 fully saturated rings. The molecule has 0 unspecified atom stereocenters. The lowest BCUT2D eigenvalue weighted by molar-refractivity contribution is 0.0528. The van der Waals surface area contributed by atoms with Gasteiger partial charge in [0.15, 0.2) is 0 Å². The topological polar surface area (TPSA) is 83.2 Å². The Morgan fingerprint density at radius 2 is 1.93 bits per heavy atom. The Bertz CT molecular complexity index is 1280. The number of fused-ring (bicyclic) bond motifs is 1. The molecule has 0 atom stereocenters. The van der Waals surface area contributed by atoms with Crippen molar-refractivity contribution in [1.82, 2.24) is 14.1 Å². The van der Waals surface area contributed by atoms with Crippen LogP contribution >= 0.6 is 0 Å². The highest BCUT2D eigenvalue weighted by atomic mass is 16.5. The molecule has 0 radical (unpaired) electrons. The molecule has 0 N–H and O–H groups in total. The lowest BCUT2D eigenvalue weighted by Gasteiger charge is -2.15. The number of hydrogen-bond donors (Lipinski definition) is 0. The standard InChI is InChI=1S/C23H25N3O4/c1-5-30-22(28)17-11-18(15-8-9-15)24-20-19(17)21(27)26(23(29)25(20)4)12-16-10-13(2)6-7-14(16)3/h6-7,10-11,15H,5,8-9,12H2,1-4H3. The molecule has 0 spiro atoms. The predicted octanol–water partition coefficient (Wildman–Crippen LogP) is 2.81. The van der Waals surface area contributed by atoms with Crippen molar-refractivity contribution < 1.29 is 9.53 Å². The number of aromatic nitrogens is 3. The van der Waals surface area contributed by atoms with Gasteiger partial charge in [0.05, 0.1) is 24.1 Å². The Labute approximate surface area is 173 Å². The van der Waals surface area contributed by atoms with Gasteiger partial charge in [-0.15, -0.1) is 0 Å². The SMILES string of the molecule is CCOC(=O)c1cc(C2CC2)nc2c1c(=O)n(Cc1cc(C)ccc1C)c(=O)n2C. The largest absolute Gasteiger partial charge is 0.462 e. The fourth-order valence-corrected chi connectivity index (χ4v) is 3.74. The summed E-state index contributed by atoms with van der Waals surface area (Å²) in [6.07, 6.45) is 1.97. The average molecular weight is 407 g/mol. The van der Waals surface area contributed by atoms with E-state index in [4.69, 9.17) is 4.74 Å². The minimum absolute atomic E-state index is 0.127. The summed E-state index contributed by atoms with van der Waals surface area (Å²) in [5, 5.41) is 0.130. The van der Waals surface area contributed by atoms with Crippen molar-refractivity contribution >= 4 is 17.0 Å². The molecule has 4 rings (SSSR count). The van der Waals surface area contributed by atoms with Crippen molar-refractivity contribution in [3.8, 4) is 0 Å². The summed E-state index contributed by atoms with van der Waals surface area (Å²) >= 11 is 0. The normalized spacial score (nSPS) is 13.6. The van der Waals surface area contributed by atoms with Crippen molar-refractivity contribution in [2.75, 3.05) is 6.61 Å². The molecule has 30 heavy (non-hydrogen) atoms. The van der Waals surface area contributed by atoms with Crippen LogP contribution in [-0.4, -0.2) is 26.7 Å². The van der Waals surface area contributed by atoms with E-state index >= 15 is 0 Å². The molecule has 0 saturated heterocycles. The molecule has 1 aliphatic carbocycles. The Balaban J connectivity index is 1.99. The lowest BCUT2D eigenvalue weighted by Crippen LogP contribution is -2.40. The number of ether oxygens (including phenoxy) is 1. The fraction of sp³-hybridized carbons (Fsp3) is 0.391. The van der Waals surface area contributed by atoms with Crippen LogP contribution in [0.15, 0.2) is 33.9 Å². The zero-order chi connectivity index (χ0) is 21.6. The van der Waals surface area contributed by atoms with E-state index in [0.29, 0.717) is 0 Å². The van der Waals surface area contributed by atoms with Crippen molar-refractivity contribution in [1.29, 1.82) is 0 Å². The van der Waals surface area contributed by atoms with Gasteiger partial charge in [0, 0.05) is 18.7 Å². The zero-order valence-electron chi connectivity index (χ0n) is 17.7. The Morgan fingerprint density at radius 1 is 1.20 bits per heavy atom. The number of aryl methyl sites for hydroxylation is 3. The van der Waals surface area contributed by atoms with Crippen LogP contribution in [-0.2, 0) is 18.3 Å². The van der Waals surface area contributed by atoms with Gasteiger partial charge in [0.2, 0.25) is 0 Å². The molecule has 1 aromatic carbocycles. The lowest BCUT2D eigenvalue weighted by atomic mass is 10.1. The van der Waals surface area contributed by atoms with E-state index in [-0.39, 0.29) is 35.7 Å². The molecule has 0 amide bonds. The molecule has 2 heterocycles. The van der Waals surface area contributed by atoms with E-state index < -0.39 is 17.2 Å². The van der Waals surface area contributed by atoms with Gasteiger partial charge in [0.1, 0.15) is 5.65 Å². The molecule has 3 aromatic rings. The summed E-state index contributed by atoms with van der Waals surface area (Å²) in [4.78, 5) is 43.8. The summed E-state index contributed by atoms with van der Waals surface area (Å²) in [5.74, 6) is -0.309. The van der Waals surface area contributed by atoms with Crippen molar-refractivity contribution in [3.05, 3.63) is 73.1 Å². The minimum Gasteiger partial charge on any atom is -0.462 e. The number of benzene rings is 1. The van der Waals surface area contributed by atoms with Gasteiger partial charge in [-0.1, -0.05) is 23.8 Å². The van der Waals surface area contributed by atoms with E-state index in [1.54, 1.807) is 20.0 Å². The Morgan fingerprint density at radius 3 is 2.60 bits per heavy atom. The van der Waals surface area contributed by atoms with Crippen LogP contribution in [0.5, 0.6) is 0 Å². The highest BCUT2D eigenvalue weighted by Crippen LogP contribution is 2.40. The van der Waals surface area contributed by atoms with Gasteiger partial charge < -0.3 is 4.74 Å². The molecule has 1 saturated carbocycles. The number of hydrogen-bond acceptors (Lipinski definition) is 5. The highest BCUT2D eigenvalue weighted by Gasteiger charge is 2.29. The number of rotatable bonds is 5. The van der Waals surface area contributed by atoms with E-state index in [2.05, 4.69) is 4.98 Å². The number of nitrogens with zero attached hydrogens (tertiary/aromatic N) is 3. The maximum absolute atomic E-state index is 13.4. The third kappa shape index (κ3) is 3.44. The van der Waals surface area contributed by atoms with E-state index in [0.717, 1.165) is 35.2 Å². The Kier molecular flexibility index (Phi) is 5.05. The maximum Gasteiger partial charge on any atom is 0.339 e. The summed E-state index contributed by atoms with van der Waals surface area (Å²) in [6, 6.07) is 7.58. The average Bonchev–Trinajstić information content (AvgIpc) is 3.56. The third-order valence-electron chi connectivity index (χ3n) is 5.64. The number of pyridine rings is 1. The van der Waals surface area contributed by atoms with Gasteiger partial charge in [-0.2, -0.15) is 0 Å². The molecule has 0 aliphatic heterocycles. The van der Waals surface area contributed by atoms with Gasteiger partial charge in [0.25, 0.3) is 5.56 Å². The van der Waals surface area contributed by atoms with Crippen LogP contribution in [0.3, 0.4) is 0 Å². The summed E-state index contributed by atoms with van der Waals surface area (Å²) in [6.45, 7) is 5.95. The van der Waals surface area contributed by atoms with Crippen LogP contribution in [0.2, 0.25) is 0 Å². The van der Waals surface area contributed by atoms with Gasteiger partial charge in [-0.3, -0.25) is 13.9 Å². The molecule has 1 aliphatic rings. The molecule has 156 valence electrons. The van der Waals surface area contributed by atoms with Gasteiger partial charge >= 0.3 is 11.7 Å². The minimum atomic E-state index is -0.569. The van der Waals surface area contributed by atoms with Crippen LogP contribution in [0.25, 0.3) is 11.0 Å². The smallest absolute Gasteiger partial charge is 0.339 e. The second-order valence-corrected chi connectivity index (χ2v) is 7.95. The monoisotopic (exact) mass is 407 g/mol. The van der Waals surface area contributed by atoms with Crippen LogP contribution in [0, 0.1) is 13.8 Å².